The van der Waals surface area contributed by atoms with Gasteiger partial charge in [0, 0.05) is 56.6 Å². The van der Waals surface area contributed by atoms with Crippen molar-refractivity contribution < 1.29 is 19.6 Å². The minimum absolute atomic E-state index is 0.108. The molecule has 0 bridgehead atoms. The highest BCUT2D eigenvalue weighted by molar-refractivity contribution is 6.04. The molecular weight excluding hydrogens is 388 g/mol. The molecule has 2 N–H and O–H groups in total. The third-order valence-corrected chi connectivity index (χ3v) is 6.14. The average Bonchev–Trinajstić information content (AvgIpc) is 2.77. The van der Waals surface area contributed by atoms with E-state index in [1.807, 2.05) is 35.2 Å². The molecule has 2 aromatic carbocycles. The summed E-state index contributed by atoms with van der Waals surface area (Å²) in [5.41, 5.74) is 0.331. The average molecular weight is 410 g/mol. The van der Waals surface area contributed by atoms with E-state index in [4.69, 9.17) is 0 Å². The summed E-state index contributed by atoms with van der Waals surface area (Å²) in [6.45, 7) is 1.48. The van der Waals surface area contributed by atoms with E-state index in [0.717, 1.165) is 11.4 Å². The molecule has 0 saturated carbocycles. The van der Waals surface area contributed by atoms with Gasteiger partial charge in [-0.25, -0.2) is 0 Å². The van der Waals surface area contributed by atoms with Crippen molar-refractivity contribution in [2.75, 3.05) is 36.5 Å². The quantitative estimate of drug-likeness (QED) is 0.447. The summed E-state index contributed by atoms with van der Waals surface area (Å²) < 4.78 is 0. The van der Waals surface area contributed by atoms with E-state index < -0.39 is 28.3 Å². The topological polar surface area (TPSA) is 116 Å². The van der Waals surface area contributed by atoms with Crippen molar-refractivity contribution in [3.05, 3.63) is 64.2 Å². The summed E-state index contributed by atoms with van der Waals surface area (Å²) in [6.07, 6.45) is -0.108. The molecule has 2 heterocycles. The summed E-state index contributed by atoms with van der Waals surface area (Å²) in [5.74, 6) is -1.83. The second-order valence-corrected chi connectivity index (χ2v) is 7.59. The monoisotopic (exact) mass is 410 g/mol. The second kappa shape index (κ2) is 7.33. The normalized spacial score (nSPS) is 22.6. The zero-order valence-electron chi connectivity index (χ0n) is 16.4. The van der Waals surface area contributed by atoms with E-state index >= 15 is 0 Å². The lowest BCUT2D eigenvalue weighted by molar-refractivity contribution is -0.384. The van der Waals surface area contributed by atoms with Gasteiger partial charge in [0.05, 0.1) is 11.0 Å². The molecule has 1 amide bonds. The van der Waals surface area contributed by atoms with Crippen LogP contribution in [0.3, 0.4) is 0 Å². The number of nitrogens with one attached hydrogen (secondary N) is 1. The fourth-order valence-electron chi connectivity index (χ4n) is 4.66. The minimum Gasteiger partial charge on any atom is -0.480 e. The van der Waals surface area contributed by atoms with Gasteiger partial charge in [-0.1, -0.05) is 18.2 Å². The lowest BCUT2D eigenvalue weighted by atomic mass is 9.69. The van der Waals surface area contributed by atoms with Gasteiger partial charge in [0.15, 0.2) is 5.41 Å². The molecule has 0 aromatic heterocycles. The van der Waals surface area contributed by atoms with E-state index in [1.165, 1.54) is 19.2 Å². The van der Waals surface area contributed by atoms with Crippen LogP contribution in [0.5, 0.6) is 0 Å². The van der Waals surface area contributed by atoms with Crippen molar-refractivity contribution in [3.63, 3.8) is 0 Å². The summed E-state index contributed by atoms with van der Waals surface area (Å²) >= 11 is 0. The number of carboxylic acids is 1. The standard InChI is InChI=1S/C21H22N4O5/c1-22-19(26)21(20(27)28)12-14-11-16(25(29)30)7-8-17(14)24-10-9-23(13-18(21)24)15-5-3-2-4-6-15/h2-8,11,18H,9-10,12-13H2,1H3,(H,22,26)(H,27,28)/t18-,21+/m1/s1. The predicted octanol–water partition coefficient (Wildman–Crippen LogP) is 1.66. The molecule has 0 radical (unpaired) electrons. The molecular formula is C21H22N4O5. The Labute approximate surface area is 173 Å². The van der Waals surface area contributed by atoms with E-state index in [-0.39, 0.29) is 12.1 Å². The van der Waals surface area contributed by atoms with E-state index in [2.05, 4.69) is 10.2 Å². The number of hydrogen-bond acceptors (Lipinski definition) is 6. The molecule has 2 aliphatic rings. The Morgan fingerprint density at radius 2 is 1.93 bits per heavy atom. The summed E-state index contributed by atoms with van der Waals surface area (Å²) in [5, 5.41) is 24.0. The van der Waals surface area contributed by atoms with Crippen molar-refractivity contribution in [3.8, 4) is 0 Å². The van der Waals surface area contributed by atoms with Crippen LogP contribution in [0.2, 0.25) is 0 Å². The van der Waals surface area contributed by atoms with Gasteiger partial charge in [-0.05, 0) is 23.8 Å². The molecule has 0 aliphatic carbocycles. The summed E-state index contributed by atoms with van der Waals surface area (Å²) in [6, 6.07) is 13.5. The van der Waals surface area contributed by atoms with Gasteiger partial charge in [-0.15, -0.1) is 0 Å². The number of hydrogen-bond donors (Lipinski definition) is 2. The first kappa shape index (κ1) is 19.7. The fraction of sp³-hybridized carbons (Fsp3) is 0.333. The lowest BCUT2D eigenvalue weighted by Gasteiger charge is -2.53. The molecule has 0 spiro atoms. The number of anilines is 2. The molecule has 2 aromatic rings. The van der Waals surface area contributed by atoms with Crippen molar-refractivity contribution in [2.24, 2.45) is 5.41 Å². The Hall–Kier alpha value is -3.62. The second-order valence-electron chi connectivity index (χ2n) is 7.59. The Balaban J connectivity index is 1.83. The first-order valence-corrected chi connectivity index (χ1v) is 9.68. The van der Waals surface area contributed by atoms with Crippen molar-refractivity contribution in [1.82, 2.24) is 5.32 Å². The Morgan fingerprint density at radius 3 is 2.57 bits per heavy atom. The van der Waals surface area contributed by atoms with Crippen LogP contribution >= 0.6 is 0 Å². The first-order chi connectivity index (χ1) is 14.4. The third-order valence-electron chi connectivity index (χ3n) is 6.14. The highest BCUT2D eigenvalue weighted by Crippen LogP contribution is 2.45. The van der Waals surface area contributed by atoms with Crippen LogP contribution in [0, 0.1) is 15.5 Å². The van der Waals surface area contributed by atoms with Crippen molar-refractivity contribution in [2.45, 2.75) is 12.5 Å². The Morgan fingerprint density at radius 1 is 1.20 bits per heavy atom. The number of fused-ring (bicyclic) bond motifs is 3. The Kier molecular flexibility index (Phi) is 4.81. The van der Waals surface area contributed by atoms with E-state index in [0.29, 0.717) is 25.2 Å². The summed E-state index contributed by atoms with van der Waals surface area (Å²) in [7, 11) is 1.41. The lowest BCUT2D eigenvalue weighted by Crippen LogP contribution is -2.69. The molecule has 9 nitrogen and oxygen atoms in total. The van der Waals surface area contributed by atoms with Gasteiger partial charge in [-0.3, -0.25) is 19.7 Å². The maximum atomic E-state index is 13.0. The Bertz CT molecular complexity index is 1010. The number of amides is 1. The van der Waals surface area contributed by atoms with Crippen LogP contribution in [0.1, 0.15) is 5.56 Å². The van der Waals surface area contributed by atoms with Crippen LogP contribution in [-0.2, 0) is 16.0 Å². The number of benzene rings is 2. The maximum Gasteiger partial charge on any atom is 0.321 e. The zero-order valence-corrected chi connectivity index (χ0v) is 16.4. The predicted molar refractivity (Wildman–Crippen MR) is 111 cm³/mol. The SMILES string of the molecule is CNC(=O)[C@]1(C(=O)O)Cc2cc([N+](=O)[O-])ccc2N2CCN(c3ccccc3)C[C@@H]21. The number of piperazine rings is 1. The number of nitro groups is 1. The van der Waals surface area contributed by atoms with Gasteiger partial charge in [0.25, 0.3) is 5.69 Å². The molecule has 2 aliphatic heterocycles. The third kappa shape index (κ3) is 2.94. The van der Waals surface area contributed by atoms with Crippen LogP contribution in [0.25, 0.3) is 0 Å². The molecule has 4 rings (SSSR count). The molecule has 156 valence electrons. The first-order valence-electron chi connectivity index (χ1n) is 9.68. The number of rotatable bonds is 4. The maximum absolute atomic E-state index is 13.0. The number of aliphatic carboxylic acids is 1. The number of nitrogens with zero attached hydrogens (tertiary/aromatic N) is 3. The van der Waals surface area contributed by atoms with Crippen molar-refractivity contribution >= 4 is 28.9 Å². The highest BCUT2D eigenvalue weighted by Gasteiger charge is 2.58. The number of para-hydroxylation sites is 1. The van der Waals surface area contributed by atoms with Crippen molar-refractivity contribution in [1.29, 1.82) is 0 Å². The molecule has 30 heavy (non-hydrogen) atoms. The van der Waals surface area contributed by atoms with Gasteiger partial charge in [-0.2, -0.15) is 0 Å². The molecule has 9 heteroatoms. The molecule has 1 saturated heterocycles. The molecule has 0 unspecified atom stereocenters. The minimum atomic E-state index is -1.76. The van der Waals surface area contributed by atoms with Gasteiger partial charge in [0.2, 0.25) is 5.91 Å². The van der Waals surface area contributed by atoms with Crippen LogP contribution < -0.4 is 15.1 Å². The van der Waals surface area contributed by atoms with Crippen LogP contribution in [0.15, 0.2) is 48.5 Å². The molecule has 2 atom stereocenters. The van der Waals surface area contributed by atoms with Gasteiger partial charge < -0.3 is 20.2 Å². The molecule has 1 fully saturated rings. The van der Waals surface area contributed by atoms with E-state index in [1.54, 1.807) is 6.07 Å². The fourth-order valence-corrected chi connectivity index (χ4v) is 4.66. The largest absolute Gasteiger partial charge is 0.480 e. The summed E-state index contributed by atoms with van der Waals surface area (Å²) in [4.78, 5) is 40.3. The number of nitro benzene ring substituents is 1. The van der Waals surface area contributed by atoms with Crippen LogP contribution in [0.4, 0.5) is 17.1 Å². The van der Waals surface area contributed by atoms with Gasteiger partial charge >= 0.3 is 5.97 Å². The smallest absolute Gasteiger partial charge is 0.321 e. The number of carbonyl (C=O) groups excluding carboxylic acids is 1. The number of non-ortho nitro benzene ring substituents is 1. The van der Waals surface area contributed by atoms with Crippen LogP contribution in [-0.4, -0.2) is 54.6 Å². The number of carboxylic acid groups (broad SMARTS) is 1. The van der Waals surface area contributed by atoms with Gasteiger partial charge in [0.1, 0.15) is 0 Å². The zero-order chi connectivity index (χ0) is 21.5. The highest BCUT2D eigenvalue weighted by atomic mass is 16.6. The van der Waals surface area contributed by atoms with E-state index in [9.17, 15) is 24.8 Å². The number of carbonyl (C=O) groups is 2.